The average Bonchev–Trinajstić information content (AvgIpc) is 2.70. The first-order valence-corrected chi connectivity index (χ1v) is 12.7. The lowest BCUT2D eigenvalue weighted by Gasteiger charge is -2.34. The summed E-state index contributed by atoms with van der Waals surface area (Å²) in [6, 6.07) is -0.664. The van der Waals surface area contributed by atoms with Crippen molar-refractivity contribution in [2.45, 2.75) is 92.4 Å². The van der Waals surface area contributed by atoms with Gasteiger partial charge in [0.1, 0.15) is 17.2 Å². The Hall–Kier alpha value is -1.71. The molecule has 1 N–H and O–H groups in total. The molecule has 1 rings (SSSR count). The molecule has 0 aliphatic carbocycles. The molecule has 0 aromatic heterocycles. The Balaban J connectivity index is 3.14. The van der Waals surface area contributed by atoms with Crippen molar-refractivity contribution in [1.29, 1.82) is 0 Å². The first kappa shape index (κ1) is 31.3. The lowest BCUT2D eigenvalue weighted by molar-refractivity contribution is -0.162. The molecule has 35 heavy (non-hydrogen) atoms. The molecule has 9 heteroatoms. The summed E-state index contributed by atoms with van der Waals surface area (Å²) in [6.45, 7) is 22.5. The maximum atomic E-state index is 13.1. The van der Waals surface area contributed by atoms with Gasteiger partial charge in [-0.3, -0.25) is 24.2 Å². The third-order valence-electron chi connectivity index (χ3n) is 5.36. The molecule has 1 saturated heterocycles. The maximum absolute atomic E-state index is 13.1. The van der Waals surface area contributed by atoms with E-state index in [9.17, 15) is 19.5 Å². The van der Waals surface area contributed by atoms with Crippen molar-refractivity contribution in [2.75, 3.05) is 52.4 Å². The number of rotatable bonds is 8. The standard InChI is InChI=1S/C26H49N3O6/c1-24(2,3)19-28-13-12-27(18-22(32)34-25(4,5)6)14-16-29(17-15-28)20(10-11-21(30)31)23(33)35-26(7,8)9/h20H,10-19H2,1-9H3,(H,30,31). The zero-order chi connectivity index (χ0) is 27.0. The zero-order valence-electron chi connectivity index (χ0n) is 23.5. The molecule has 0 spiro atoms. The quantitative estimate of drug-likeness (QED) is 0.505. The number of aliphatic carboxylic acids is 1. The fraction of sp³-hybridized carbons (Fsp3) is 0.885. The van der Waals surface area contributed by atoms with Crippen LogP contribution in [-0.2, 0) is 23.9 Å². The van der Waals surface area contributed by atoms with E-state index in [0.29, 0.717) is 26.2 Å². The summed E-state index contributed by atoms with van der Waals surface area (Å²) >= 11 is 0. The number of hydrogen-bond donors (Lipinski definition) is 1. The summed E-state index contributed by atoms with van der Waals surface area (Å²) in [5.74, 6) is -1.62. The Kier molecular flexibility index (Phi) is 11.6. The number of carbonyl (C=O) groups is 3. The summed E-state index contributed by atoms with van der Waals surface area (Å²) in [4.78, 5) is 43.4. The first-order chi connectivity index (χ1) is 15.8. The van der Waals surface area contributed by atoms with Gasteiger partial charge in [0, 0.05) is 52.2 Å². The highest BCUT2D eigenvalue weighted by Gasteiger charge is 2.32. The van der Waals surface area contributed by atoms with E-state index in [-0.39, 0.29) is 30.8 Å². The third kappa shape index (κ3) is 14.4. The summed E-state index contributed by atoms with van der Waals surface area (Å²) in [6.07, 6.45) is 0.0589. The highest BCUT2D eigenvalue weighted by Crippen LogP contribution is 2.19. The van der Waals surface area contributed by atoms with Crippen LogP contribution in [0.4, 0.5) is 0 Å². The molecule has 9 nitrogen and oxygen atoms in total. The van der Waals surface area contributed by atoms with Crippen LogP contribution in [0.3, 0.4) is 0 Å². The normalized spacial score (nSPS) is 18.8. The largest absolute Gasteiger partial charge is 0.481 e. The summed E-state index contributed by atoms with van der Waals surface area (Å²) in [5.41, 5.74) is -1.14. The van der Waals surface area contributed by atoms with Gasteiger partial charge in [0.05, 0.1) is 6.54 Å². The van der Waals surface area contributed by atoms with E-state index in [1.54, 1.807) is 0 Å². The summed E-state index contributed by atoms with van der Waals surface area (Å²) in [5, 5.41) is 9.29. The number of esters is 2. The Morgan fingerprint density at radius 2 is 1.26 bits per heavy atom. The maximum Gasteiger partial charge on any atom is 0.323 e. The van der Waals surface area contributed by atoms with Crippen LogP contribution in [0.1, 0.15) is 75.2 Å². The Labute approximate surface area is 212 Å². The van der Waals surface area contributed by atoms with Gasteiger partial charge in [0.2, 0.25) is 0 Å². The van der Waals surface area contributed by atoms with Crippen LogP contribution in [0.2, 0.25) is 0 Å². The first-order valence-electron chi connectivity index (χ1n) is 12.7. The predicted molar refractivity (Wildman–Crippen MR) is 136 cm³/mol. The van der Waals surface area contributed by atoms with Gasteiger partial charge < -0.3 is 19.5 Å². The van der Waals surface area contributed by atoms with E-state index >= 15 is 0 Å². The van der Waals surface area contributed by atoms with Crippen LogP contribution in [0.25, 0.3) is 0 Å². The smallest absolute Gasteiger partial charge is 0.323 e. The molecule has 0 saturated carbocycles. The van der Waals surface area contributed by atoms with Gasteiger partial charge in [-0.05, 0) is 53.4 Å². The van der Waals surface area contributed by atoms with Crippen LogP contribution in [-0.4, -0.2) is 107 Å². The van der Waals surface area contributed by atoms with Crippen LogP contribution in [0.15, 0.2) is 0 Å². The van der Waals surface area contributed by atoms with E-state index in [4.69, 9.17) is 9.47 Å². The molecule has 1 fully saturated rings. The molecule has 1 unspecified atom stereocenters. The monoisotopic (exact) mass is 499 g/mol. The molecule has 0 bridgehead atoms. The predicted octanol–water partition coefficient (Wildman–Crippen LogP) is 2.87. The average molecular weight is 500 g/mol. The fourth-order valence-electron chi connectivity index (χ4n) is 4.09. The van der Waals surface area contributed by atoms with Gasteiger partial charge in [-0.2, -0.15) is 0 Å². The van der Waals surface area contributed by atoms with Crippen LogP contribution < -0.4 is 0 Å². The molecule has 0 amide bonds. The van der Waals surface area contributed by atoms with Crippen LogP contribution in [0.5, 0.6) is 0 Å². The summed E-state index contributed by atoms with van der Waals surface area (Å²) in [7, 11) is 0. The number of hydrogen-bond acceptors (Lipinski definition) is 8. The second kappa shape index (κ2) is 13.0. The lowest BCUT2D eigenvalue weighted by Crippen LogP contribution is -2.49. The van der Waals surface area contributed by atoms with Crippen molar-refractivity contribution in [2.24, 2.45) is 5.41 Å². The fourth-order valence-corrected chi connectivity index (χ4v) is 4.09. The van der Waals surface area contributed by atoms with Crippen LogP contribution in [0, 0.1) is 5.41 Å². The summed E-state index contributed by atoms with van der Waals surface area (Å²) < 4.78 is 11.2. The number of carboxylic acids is 1. The second-order valence-electron chi connectivity index (χ2n) is 12.7. The van der Waals surface area contributed by atoms with Gasteiger partial charge >= 0.3 is 17.9 Å². The minimum Gasteiger partial charge on any atom is -0.481 e. The Morgan fingerprint density at radius 1 is 0.771 bits per heavy atom. The van der Waals surface area contributed by atoms with E-state index in [0.717, 1.165) is 19.6 Å². The highest BCUT2D eigenvalue weighted by molar-refractivity contribution is 5.77. The van der Waals surface area contributed by atoms with E-state index in [1.807, 2.05) is 46.4 Å². The molecule has 0 aromatic carbocycles. The Bertz CT molecular complexity index is 705. The van der Waals surface area contributed by atoms with Gasteiger partial charge in [0.15, 0.2) is 0 Å². The minimum absolute atomic E-state index is 0.0861. The SMILES string of the molecule is CC(C)(C)CN1CCN(CC(=O)OC(C)(C)C)CCN(C(CCC(=O)O)C(=O)OC(C)(C)C)CC1. The highest BCUT2D eigenvalue weighted by atomic mass is 16.6. The number of carbonyl (C=O) groups excluding carboxylic acids is 2. The molecule has 0 radical (unpaired) electrons. The van der Waals surface area contributed by atoms with Crippen LogP contribution >= 0.6 is 0 Å². The molecule has 1 heterocycles. The molecule has 0 aromatic rings. The Morgan fingerprint density at radius 3 is 1.74 bits per heavy atom. The van der Waals surface area contributed by atoms with Gasteiger partial charge in [-0.25, -0.2) is 0 Å². The molecule has 204 valence electrons. The molecule has 1 aliphatic rings. The van der Waals surface area contributed by atoms with Crippen molar-refractivity contribution in [1.82, 2.24) is 14.7 Å². The molecule has 1 aliphatic heterocycles. The van der Waals surface area contributed by atoms with Crippen molar-refractivity contribution < 1.29 is 29.0 Å². The molecular weight excluding hydrogens is 450 g/mol. The second-order valence-corrected chi connectivity index (χ2v) is 12.7. The minimum atomic E-state index is -0.941. The molecular formula is C26H49N3O6. The van der Waals surface area contributed by atoms with E-state index in [2.05, 4.69) is 30.6 Å². The molecule has 1 atom stereocenters. The van der Waals surface area contributed by atoms with Gasteiger partial charge in [0.25, 0.3) is 0 Å². The van der Waals surface area contributed by atoms with E-state index in [1.165, 1.54) is 0 Å². The zero-order valence-corrected chi connectivity index (χ0v) is 23.5. The van der Waals surface area contributed by atoms with Crippen molar-refractivity contribution >= 4 is 17.9 Å². The van der Waals surface area contributed by atoms with Gasteiger partial charge in [-0.1, -0.05) is 20.8 Å². The van der Waals surface area contributed by atoms with Crippen molar-refractivity contribution in [3.8, 4) is 0 Å². The van der Waals surface area contributed by atoms with Gasteiger partial charge in [-0.15, -0.1) is 0 Å². The lowest BCUT2D eigenvalue weighted by atomic mass is 9.96. The topological polar surface area (TPSA) is 99.6 Å². The number of nitrogens with zero attached hydrogens (tertiary/aromatic N) is 3. The number of ether oxygens (including phenoxy) is 2. The van der Waals surface area contributed by atoms with Crippen molar-refractivity contribution in [3.63, 3.8) is 0 Å². The van der Waals surface area contributed by atoms with Crippen molar-refractivity contribution in [3.05, 3.63) is 0 Å². The third-order valence-corrected chi connectivity index (χ3v) is 5.36. The van der Waals surface area contributed by atoms with E-state index < -0.39 is 29.2 Å². The number of carboxylic acid groups (broad SMARTS) is 1.